The smallest absolute Gasteiger partial charge is 0.295 e. The number of anilines is 1. The third-order valence-corrected chi connectivity index (χ3v) is 5.66. The quantitative estimate of drug-likeness (QED) is 0.436. The third-order valence-electron chi connectivity index (χ3n) is 5.00. The molecule has 0 saturated heterocycles. The summed E-state index contributed by atoms with van der Waals surface area (Å²) in [6.07, 6.45) is 0. The maximum absolute atomic E-state index is 13.2. The largest absolute Gasteiger partial charge is 0.343 e. The number of hydrogen-bond donors (Lipinski definition) is 2. The van der Waals surface area contributed by atoms with Crippen LogP contribution >= 0.6 is 23.2 Å². The first-order chi connectivity index (χ1) is 14.7. The van der Waals surface area contributed by atoms with E-state index in [0.29, 0.717) is 16.9 Å². The lowest BCUT2D eigenvalue weighted by Crippen LogP contribution is -2.58. The average molecular weight is 458 g/mol. The van der Waals surface area contributed by atoms with Gasteiger partial charge >= 0.3 is 0 Å². The molecule has 0 aliphatic carbocycles. The van der Waals surface area contributed by atoms with E-state index in [2.05, 4.69) is 10.6 Å². The number of para-hydroxylation sites is 1. The number of aryl methyl sites for hydroxylation is 1. The average Bonchev–Trinajstić information content (AvgIpc) is 2.96. The van der Waals surface area contributed by atoms with Crippen molar-refractivity contribution < 1.29 is 4.79 Å². The fourth-order valence-electron chi connectivity index (χ4n) is 3.11. The van der Waals surface area contributed by atoms with E-state index < -0.39 is 22.0 Å². The van der Waals surface area contributed by atoms with E-state index in [0.717, 1.165) is 5.56 Å². The number of nitrogens with zero attached hydrogens (tertiary/aromatic N) is 3. The molecule has 2 N–H and O–H groups in total. The van der Waals surface area contributed by atoms with Crippen molar-refractivity contribution in [2.45, 2.75) is 24.3 Å². The van der Waals surface area contributed by atoms with Gasteiger partial charge in [0.15, 0.2) is 4.84 Å². The van der Waals surface area contributed by atoms with Gasteiger partial charge in [0, 0.05) is 12.6 Å². The van der Waals surface area contributed by atoms with Gasteiger partial charge in [0.25, 0.3) is 11.5 Å². The molecule has 1 aromatic heterocycles. The number of rotatable bonds is 6. The van der Waals surface area contributed by atoms with Gasteiger partial charge in [-0.05, 0) is 38.1 Å². The van der Waals surface area contributed by atoms with E-state index in [4.69, 9.17) is 23.2 Å². The van der Waals surface area contributed by atoms with Gasteiger partial charge in [-0.1, -0.05) is 59.1 Å². The van der Waals surface area contributed by atoms with Gasteiger partial charge in [-0.15, -0.1) is 0 Å². The number of nitrogens with one attached hydrogen (secondary N) is 2. The molecule has 0 saturated carbocycles. The Bertz CT molecular complexity index is 1190. The number of benzene rings is 2. The van der Waals surface area contributed by atoms with Crippen molar-refractivity contribution in [2.75, 3.05) is 5.32 Å². The van der Waals surface area contributed by atoms with Crippen LogP contribution in [-0.4, -0.2) is 25.8 Å². The fourth-order valence-corrected chi connectivity index (χ4v) is 3.43. The first kappa shape index (κ1) is 22.5. The Morgan fingerprint density at radius 3 is 2.26 bits per heavy atom. The summed E-state index contributed by atoms with van der Waals surface area (Å²) in [4.78, 5) is 24.6. The molecule has 31 heavy (non-hydrogen) atoms. The molecule has 0 fully saturated rings. The molecule has 2 aromatic carbocycles. The molecule has 0 aliphatic rings. The Balaban J connectivity index is 2.02. The topological polar surface area (TPSA) is 91.8 Å². The Hall–Kier alpha value is -3.21. The van der Waals surface area contributed by atoms with Gasteiger partial charge in [0.1, 0.15) is 11.8 Å². The van der Waals surface area contributed by atoms with Crippen LogP contribution in [0.4, 0.5) is 5.69 Å². The molecular formula is C22H21Cl2N5O2. The van der Waals surface area contributed by atoms with Crippen molar-refractivity contribution in [3.8, 4) is 11.8 Å². The predicted molar refractivity (Wildman–Crippen MR) is 122 cm³/mol. The van der Waals surface area contributed by atoms with Crippen molar-refractivity contribution in [1.82, 2.24) is 14.7 Å². The number of carbonyl (C=O) groups excluding carboxylic acids is 1. The molecule has 3 aromatic rings. The van der Waals surface area contributed by atoms with Crippen molar-refractivity contribution in [3.05, 3.63) is 81.8 Å². The molecule has 3 rings (SSSR count). The van der Waals surface area contributed by atoms with Gasteiger partial charge < -0.3 is 10.6 Å². The second kappa shape index (κ2) is 8.88. The summed E-state index contributed by atoms with van der Waals surface area (Å²) in [5.41, 5.74) is 0.235. The second-order valence-electron chi connectivity index (χ2n) is 7.10. The molecular weight excluding hydrogens is 437 g/mol. The monoisotopic (exact) mass is 457 g/mol. The summed E-state index contributed by atoms with van der Waals surface area (Å²) in [7, 11) is 1.72. The molecule has 0 spiro atoms. The first-order valence-electron chi connectivity index (χ1n) is 9.41. The van der Waals surface area contributed by atoms with Gasteiger partial charge in [-0.3, -0.25) is 14.3 Å². The summed E-state index contributed by atoms with van der Waals surface area (Å²) < 4.78 is 3.08. The normalized spacial score (nSPS) is 12.8. The molecule has 7 nitrogen and oxygen atoms in total. The third kappa shape index (κ3) is 4.31. The van der Waals surface area contributed by atoms with E-state index in [1.807, 2.05) is 31.2 Å². The predicted octanol–water partition coefficient (Wildman–Crippen LogP) is 3.66. The fraction of sp³-hybridized carbons (Fsp3) is 0.227. The maximum Gasteiger partial charge on any atom is 0.295 e. The number of amides is 1. The zero-order chi connectivity index (χ0) is 22.8. The van der Waals surface area contributed by atoms with Crippen LogP contribution in [0.15, 0.2) is 59.4 Å². The van der Waals surface area contributed by atoms with Crippen LogP contribution in [-0.2, 0) is 7.05 Å². The Labute approximate surface area is 189 Å². The van der Waals surface area contributed by atoms with Crippen LogP contribution in [0, 0.1) is 25.2 Å². The minimum atomic E-state index is -1.94. The van der Waals surface area contributed by atoms with Crippen LogP contribution < -0.4 is 16.2 Å². The Morgan fingerprint density at radius 2 is 1.71 bits per heavy atom. The Morgan fingerprint density at radius 1 is 1.10 bits per heavy atom. The summed E-state index contributed by atoms with van der Waals surface area (Å²) in [6, 6.07) is 17.8. The summed E-state index contributed by atoms with van der Waals surface area (Å²) in [6.45, 7) is 3.61. The summed E-state index contributed by atoms with van der Waals surface area (Å²) in [5, 5.41) is 15.3. The molecule has 0 bridgehead atoms. The molecule has 0 aliphatic heterocycles. The lowest BCUT2D eigenvalue weighted by atomic mass is 10.1. The number of carbonyl (C=O) groups is 1. The van der Waals surface area contributed by atoms with E-state index in [1.165, 1.54) is 4.68 Å². The van der Waals surface area contributed by atoms with Crippen LogP contribution in [0.2, 0.25) is 0 Å². The van der Waals surface area contributed by atoms with Crippen LogP contribution in [0.1, 0.15) is 21.6 Å². The molecule has 160 valence electrons. The molecule has 0 radical (unpaired) electrons. The zero-order valence-corrected chi connectivity index (χ0v) is 18.7. The van der Waals surface area contributed by atoms with Crippen molar-refractivity contribution >= 4 is 34.8 Å². The lowest BCUT2D eigenvalue weighted by molar-refractivity contribution is 0.0929. The number of nitriles is 1. The van der Waals surface area contributed by atoms with Crippen molar-refractivity contribution in [1.29, 1.82) is 5.26 Å². The van der Waals surface area contributed by atoms with E-state index in [9.17, 15) is 14.9 Å². The lowest BCUT2D eigenvalue weighted by Gasteiger charge is -2.30. The highest BCUT2D eigenvalue weighted by molar-refractivity contribution is 6.45. The molecule has 1 atom stereocenters. The van der Waals surface area contributed by atoms with Gasteiger partial charge in [-0.25, -0.2) is 4.68 Å². The van der Waals surface area contributed by atoms with Crippen molar-refractivity contribution in [3.63, 3.8) is 0 Å². The van der Waals surface area contributed by atoms with Gasteiger partial charge in [0.2, 0.25) is 5.66 Å². The van der Waals surface area contributed by atoms with Crippen molar-refractivity contribution in [2.24, 2.45) is 7.05 Å². The number of alkyl halides is 2. The van der Waals surface area contributed by atoms with E-state index in [1.54, 1.807) is 55.1 Å². The number of aromatic nitrogens is 2. The Kier molecular flexibility index (Phi) is 6.44. The minimum Gasteiger partial charge on any atom is -0.343 e. The molecule has 1 amide bonds. The highest BCUT2D eigenvalue weighted by Crippen LogP contribution is 2.25. The molecule has 1 unspecified atom stereocenters. The molecule has 9 heteroatoms. The van der Waals surface area contributed by atoms with Gasteiger partial charge in [-0.2, -0.15) is 5.26 Å². The molecule has 1 heterocycles. The van der Waals surface area contributed by atoms with E-state index >= 15 is 0 Å². The van der Waals surface area contributed by atoms with Crippen LogP contribution in [0.5, 0.6) is 0 Å². The van der Waals surface area contributed by atoms with Gasteiger partial charge in [0.05, 0.1) is 11.4 Å². The minimum absolute atomic E-state index is 0.100. The van der Waals surface area contributed by atoms with Crippen LogP contribution in [0.3, 0.4) is 0 Å². The number of halogens is 2. The highest BCUT2D eigenvalue weighted by atomic mass is 35.5. The van der Waals surface area contributed by atoms with Crippen LogP contribution in [0.25, 0.3) is 5.69 Å². The second-order valence-corrected chi connectivity index (χ2v) is 8.20. The zero-order valence-electron chi connectivity index (χ0n) is 17.2. The van der Waals surface area contributed by atoms with E-state index in [-0.39, 0.29) is 5.69 Å². The standard InChI is InChI=1S/C22H21Cl2N5O2/c1-14-9-11-16(12-10-14)19(30)27-22(13-25,21(23)24)26-18-15(2)28(3)29(20(18)31)17-7-5-4-6-8-17/h4-12,21,26H,1-3H3,(H,27,30). The highest BCUT2D eigenvalue weighted by Gasteiger charge is 2.41. The SMILES string of the molecule is Cc1ccc(C(=O)NC(C#N)(Nc2c(C)n(C)n(-c3ccccc3)c2=O)C(Cl)Cl)cc1. The maximum atomic E-state index is 13.2. The first-order valence-corrected chi connectivity index (χ1v) is 10.3. The summed E-state index contributed by atoms with van der Waals surface area (Å²) >= 11 is 12.3. The summed E-state index contributed by atoms with van der Waals surface area (Å²) in [5.74, 6) is -0.558. The number of hydrogen-bond acceptors (Lipinski definition) is 4.